The predicted octanol–water partition coefficient (Wildman–Crippen LogP) is 2.00. The Bertz CT molecular complexity index is 240. The summed E-state index contributed by atoms with van der Waals surface area (Å²) in [6.07, 6.45) is 2.37. The molecule has 0 radical (unpaired) electrons. The van der Waals surface area contributed by atoms with Crippen molar-refractivity contribution < 1.29 is 9.90 Å². The first-order valence-corrected chi connectivity index (χ1v) is 5.64. The van der Waals surface area contributed by atoms with E-state index in [2.05, 4.69) is 25.3 Å². The molecule has 0 bridgehead atoms. The summed E-state index contributed by atoms with van der Waals surface area (Å²) in [5.41, 5.74) is 0.304. The first-order valence-electron chi connectivity index (χ1n) is 5.64. The maximum atomic E-state index is 10.6. The van der Waals surface area contributed by atoms with Crippen LogP contribution in [0, 0.1) is 11.8 Å². The fourth-order valence-corrected chi connectivity index (χ4v) is 2.12. The standard InChI is InChI=1S/C12H21NO2/c1-9(2)11-4-6-13(7-5-11)8-10(3)12(14)15/h9,11H,3-8H2,1-2H3,(H,14,15). The molecule has 0 atom stereocenters. The molecule has 3 heteroatoms. The lowest BCUT2D eigenvalue weighted by Crippen LogP contribution is -2.37. The van der Waals surface area contributed by atoms with Gasteiger partial charge in [-0.15, -0.1) is 0 Å². The van der Waals surface area contributed by atoms with Crippen molar-refractivity contribution in [3.63, 3.8) is 0 Å². The lowest BCUT2D eigenvalue weighted by molar-refractivity contribution is -0.132. The van der Waals surface area contributed by atoms with E-state index in [0.717, 1.165) is 24.9 Å². The highest BCUT2D eigenvalue weighted by atomic mass is 16.4. The molecule has 1 heterocycles. The van der Waals surface area contributed by atoms with Crippen molar-refractivity contribution in [2.45, 2.75) is 26.7 Å². The SMILES string of the molecule is C=C(CN1CCC(C(C)C)CC1)C(=O)O. The molecule has 0 aromatic rings. The summed E-state index contributed by atoms with van der Waals surface area (Å²) in [6, 6.07) is 0. The lowest BCUT2D eigenvalue weighted by Gasteiger charge is -2.33. The number of aliphatic carboxylic acids is 1. The molecule has 86 valence electrons. The second-order valence-corrected chi connectivity index (χ2v) is 4.77. The van der Waals surface area contributed by atoms with Crippen molar-refractivity contribution in [3.05, 3.63) is 12.2 Å². The Morgan fingerprint density at radius 3 is 2.40 bits per heavy atom. The maximum Gasteiger partial charge on any atom is 0.332 e. The highest BCUT2D eigenvalue weighted by Gasteiger charge is 2.22. The van der Waals surface area contributed by atoms with Gasteiger partial charge in [-0.3, -0.25) is 4.90 Å². The van der Waals surface area contributed by atoms with Crippen LogP contribution in [0.5, 0.6) is 0 Å². The van der Waals surface area contributed by atoms with E-state index in [1.807, 2.05) is 0 Å². The van der Waals surface area contributed by atoms with Crippen LogP contribution in [0.4, 0.5) is 0 Å². The topological polar surface area (TPSA) is 40.5 Å². The van der Waals surface area contributed by atoms with E-state index in [1.54, 1.807) is 0 Å². The number of hydrogen-bond acceptors (Lipinski definition) is 2. The average Bonchev–Trinajstić information content (AvgIpc) is 2.18. The molecule has 0 aromatic carbocycles. The van der Waals surface area contributed by atoms with Crippen molar-refractivity contribution in [1.29, 1.82) is 0 Å². The lowest BCUT2D eigenvalue weighted by atomic mass is 9.86. The first kappa shape index (κ1) is 12.2. The Labute approximate surface area is 91.8 Å². The quantitative estimate of drug-likeness (QED) is 0.723. The minimum atomic E-state index is -0.874. The number of likely N-dealkylation sites (tertiary alicyclic amines) is 1. The molecule has 1 rings (SSSR count). The highest BCUT2D eigenvalue weighted by Crippen LogP contribution is 2.24. The fraction of sp³-hybridized carbons (Fsp3) is 0.750. The predicted molar refractivity (Wildman–Crippen MR) is 60.8 cm³/mol. The van der Waals surface area contributed by atoms with Crippen LogP contribution >= 0.6 is 0 Å². The van der Waals surface area contributed by atoms with Crippen molar-refractivity contribution in [2.24, 2.45) is 11.8 Å². The second kappa shape index (κ2) is 5.31. The highest BCUT2D eigenvalue weighted by molar-refractivity contribution is 5.86. The summed E-state index contributed by atoms with van der Waals surface area (Å²) in [7, 11) is 0. The van der Waals surface area contributed by atoms with E-state index in [4.69, 9.17) is 5.11 Å². The minimum absolute atomic E-state index is 0.304. The number of carbonyl (C=O) groups is 1. The summed E-state index contributed by atoms with van der Waals surface area (Å²) in [5.74, 6) is 0.676. The van der Waals surface area contributed by atoms with Gasteiger partial charge in [0.15, 0.2) is 0 Å². The van der Waals surface area contributed by atoms with Gasteiger partial charge < -0.3 is 5.11 Å². The zero-order valence-electron chi connectivity index (χ0n) is 9.70. The van der Waals surface area contributed by atoms with Gasteiger partial charge in [-0.2, -0.15) is 0 Å². The molecule has 0 saturated carbocycles. The molecular weight excluding hydrogens is 190 g/mol. The summed E-state index contributed by atoms with van der Waals surface area (Å²) in [5, 5.41) is 8.73. The Balaban J connectivity index is 2.32. The number of hydrogen-bond donors (Lipinski definition) is 1. The van der Waals surface area contributed by atoms with Crippen molar-refractivity contribution >= 4 is 5.97 Å². The van der Waals surface area contributed by atoms with Gasteiger partial charge in [-0.25, -0.2) is 4.79 Å². The molecule has 1 saturated heterocycles. The van der Waals surface area contributed by atoms with E-state index in [9.17, 15) is 4.79 Å². The van der Waals surface area contributed by atoms with Gasteiger partial charge in [0.25, 0.3) is 0 Å². The Morgan fingerprint density at radius 1 is 1.47 bits per heavy atom. The fourth-order valence-electron chi connectivity index (χ4n) is 2.12. The molecule has 0 spiro atoms. The van der Waals surface area contributed by atoms with Gasteiger partial charge in [0.1, 0.15) is 0 Å². The first-order chi connectivity index (χ1) is 7.00. The van der Waals surface area contributed by atoms with Gasteiger partial charge in [-0.1, -0.05) is 20.4 Å². The largest absolute Gasteiger partial charge is 0.478 e. The summed E-state index contributed by atoms with van der Waals surface area (Å²) in [4.78, 5) is 12.8. The Kier molecular flexibility index (Phi) is 4.33. The van der Waals surface area contributed by atoms with Crippen LogP contribution in [0.1, 0.15) is 26.7 Å². The smallest absolute Gasteiger partial charge is 0.332 e. The van der Waals surface area contributed by atoms with Crippen molar-refractivity contribution in [3.8, 4) is 0 Å². The van der Waals surface area contributed by atoms with Crippen LogP contribution in [-0.2, 0) is 4.79 Å². The van der Waals surface area contributed by atoms with E-state index >= 15 is 0 Å². The number of piperidine rings is 1. The van der Waals surface area contributed by atoms with E-state index in [0.29, 0.717) is 12.1 Å². The molecule has 15 heavy (non-hydrogen) atoms. The van der Waals surface area contributed by atoms with Crippen LogP contribution in [-0.4, -0.2) is 35.6 Å². The molecule has 0 unspecified atom stereocenters. The number of rotatable bonds is 4. The van der Waals surface area contributed by atoms with Crippen LogP contribution in [0.15, 0.2) is 12.2 Å². The van der Waals surface area contributed by atoms with Crippen LogP contribution in [0.2, 0.25) is 0 Å². The van der Waals surface area contributed by atoms with Gasteiger partial charge in [0, 0.05) is 12.1 Å². The molecule has 0 aromatic heterocycles. The number of nitrogens with zero attached hydrogens (tertiary/aromatic N) is 1. The molecule has 0 aliphatic carbocycles. The van der Waals surface area contributed by atoms with E-state index in [1.165, 1.54) is 12.8 Å². The Morgan fingerprint density at radius 2 is 2.00 bits per heavy atom. The molecule has 1 aliphatic rings. The van der Waals surface area contributed by atoms with Gasteiger partial charge >= 0.3 is 5.97 Å². The summed E-state index contributed by atoms with van der Waals surface area (Å²) < 4.78 is 0. The Hall–Kier alpha value is -0.830. The normalized spacial score (nSPS) is 19.4. The minimum Gasteiger partial charge on any atom is -0.478 e. The van der Waals surface area contributed by atoms with Crippen LogP contribution < -0.4 is 0 Å². The molecular formula is C12H21NO2. The monoisotopic (exact) mass is 211 g/mol. The molecule has 0 amide bonds. The molecule has 1 aliphatic heterocycles. The van der Waals surface area contributed by atoms with Crippen LogP contribution in [0.3, 0.4) is 0 Å². The van der Waals surface area contributed by atoms with Crippen molar-refractivity contribution in [1.82, 2.24) is 4.90 Å². The van der Waals surface area contributed by atoms with Crippen molar-refractivity contribution in [2.75, 3.05) is 19.6 Å². The number of carboxylic acids is 1. The third-order valence-corrected chi connectivity index (χ3v) is 3.29. The van der Waals surface area contributed by atoms with E-state index in [-0.39, 0.29) is 0 Å². The second-order valence-electron chi connectivity index (χ2n) is 4.77. The van der Waals surface area contributed by atoms with Gasteiger partial charge in [-0.05, 0) is 37.8 Å². The van der Waals surface area contributed by atoms with Gasteiger partial charge in [0.05, 0.1) is 0 Å². The maximum absolute atomic E-state index is 10.6. The summed E-state index contributed by atoms with van der Waals surface area (Å²) >= 11 is 0. The van der Waals surface area contributed by atoms with Gasteiger partial charge in [0.2, 0.25) is 0 Å². The van der Waals surface area contributed by atoms with Crippen LogP contribution in [0.25, 0.3) is 0 Å². The third kappa shape index (κ3) is 3.67. The number of carboxylic acid groups (broad SMARTS) is 1. The molecule has 1 fully saturated rings. The summed E-state index contributed by atoms with van der Waals surface area (Å²) in [6.45, 7) is 10.6. The average molecular weight is 211 g/mol. The zero-order valence-corrected chi connectivity index (χ0v) is 9.70. The third-order valence-electron chi connectivity index (χ3n) is 3.29. The van der Waals surface area contributed by atoms with E-state index < -0.39 is 5.97 Å². The molecule has 3 nitrogen and oxygen atoms in total. The zero-order chi connectivity index (χ0) is 11.4. The molecule has 1 N–H and O–H groups in total.